The van der Waals surface area contributed by atoms with Crippen LogP contribution < -0.4 is 10.6 Å². The number of benzene rings is 1. The Balaban J connectivity index is 1.98. The summed E-state index contributed by atoms with van der Waals surface area (Å²) in [6.45, 7) is 0.754. The van der Waals surface area contributed by atoms with Crippen LogP contribution >= 0.6 is 11.3 Å². The number of fused-ring (bicyclic) bond motifs is 1. The van der Waals surface area contributed by atoms with E-state index in [0.29, 0.717) is 0 Å². The van der Waals surface area contributed by atoms with Gasteiger partial charge in [0.15, 0.2) is 0 Å². The van der Waals surface area contributed by atoms with Crippen molar-refractivity contribution in [3.05, 3.63) is 47.2 Å². The van der Waals surface area contributed by atoms with E-state index in [0.717, 1.165) is 34.4 Å². The fourth-order valence-corrected chi connectivity index (χ4v) is 2.71. The Labute approximate surface area is 115 Å². The standard InChI is InChI=1S/C14H14N4S/c1-18(7-11-8-19-9-17-11)13-3-2-10-6-16-5-4-12(10)14(13)15/h2-6,8-9H,7,15H2,1H3. The van der Waals surface area contributed by atoms with Crippen molar-refractivity contribution in [2.24, 2.45) is 0 Å². The molecule has 2 aromatic heterocycles. The molecule has 0 saturated heterocycles. The van der Waals surface area contributed by atoms with Crippen molar-refractivity contribution in [3.8, 4) is 0 Å². The predicted molar refractivity (Wildman–Crippen MR) is 80.4 cm³/mol. The van der Waals surface area contributed by atoms with Gasteiger partial charge in [0.05, 0.1) is 29.1 Å². The third-order valence-corrected chi connectivity index (χ3v) is 3.77. The van der Waals surface area contributed by atoms with Gasteiger partial charge in [-0.15, -0.1) is 11.3 Å². The fraction of sp³-hybridized carbons (Fsp3) is 0.143. The lowest BCUT2D eigenvalue weighted by molar-refractivity contribution is 0.897. The molecule has 0 bridgehead atoms. The fourth-order valence-electron chi connectivity index (χ4n) is 2.16. The van der Waals surface area contributed by atoms with Crippen LogP contribution in [0.15, 0.2) is 41.5 Å². The third-order valence-electron chi connectivity index (χ3n) is 3.13. The Morgan fingerprint density at radius 3 is 3.00 bits per heavy atom. The van der Waals surface area contributed by atoms with Crippen molar-refractivity contribution in [1.82, 2.24) is 9.97 Å². The number of nitrogen functional groups attached to an aromatic ring is 1. The van der Waals surface area contributed by atoms with E-state index in [4.69, 9.17) is 5.73 Å². The number of hydrogen-bond acceptors (Lipinski definition) is 5. The zero-order chi connectivity index (χ0) is 13.2. The molecular formula is C14H14N4S. The Hall–Kier alpha value is -2.14. The summed E-state index contributed by atoms with van der Waals surface area (Å²) in [7, 11) is 2.03. The number of nitrogens with two attached hydrogens (primary N) is 1. The van der Waals surface area contributed by atoms with Crippen molar-refractivity contribution in [3.63, 3.8) is 0 Å². The maximum Gasteiger partial charge on any atom is 0.0795 e. The van der Waals surface area contributed by atoms with Crippen LogP contribution in [0, 0.1) is 0 Å². The van der Waals surface area contributed by atoms with Crippen LogP contribution in [0.5, 0.6) is 0 Å². The van der Waals surface area contributed by atoms with Crippen LogP contribution in [0.4, 0.5) is 11.4 Å². The zero-order valence-electron chi connectivity index (χ0n) is 10.6. The average Bonchev–Trinajstić information content (AvgIpc) is 2.92. The van der Waals surface area contributed by atoms with E-state index < -0.39 is 0 Å². The van der Waals surface area contributed by atoms with Gasteiger partial charge >= 0.3 is 0 Å². The number of anilines is 2. The van der Waals surface area contributed by atoms with Crippen molar-refractivity contribution in [2.45, 2.75) is 6.54 Å². The summed E-state index contributed by atoms with van der Waals surface area (Å²) in [5.74, 6) is 0. The van der Waals surface area contributed by atoms with Gasteiger partial charge < -0.3 is 10.6 Å². The minimum absolute atomic E-state index is 0.754. The molecule has 2 N–H and O–H groups in total. The summed E-state index contributed by atoms with van der Waals surface area (Å²) in [6.07, 6.45) is 3.60. The molecule has 0 amide bonds. The van der Waals surface area contributed by atoms with E-state index in [1.54, 1.807) is 17.5 Å². The molecule has 96 valence electrons. The Morgan fingerprint density at radius 1 is 1.32 bits per heavy atom. The van der Waals surface area contributed by atoms with Crippen molar-refractivity contribution < 1.29 is 0 Å². The van der Waals surface area contributed by atoms with E-state index in [9.17, 15) is 0 Å². The van der Waals surface area contributed by atoms with Crippen LogP contribution in [0.25, 0.3) is 10.8 Å². The van der Waals surface area contributed by atoms with E-state index in [1.165, 1.54) is 0 Å². The highest BCUT2D eigenvalue weighted by atomic mass is 32.1. The molecule has 0 saturated carbocycles. The second-order valence-electron chi connectivity index (χ2n) is 4.43. The van der Waals surface area contributed by atoms with Gasteiger partial charge in [-0.05, 0) is 12.1 Å². The number of rotatable bonds is 3. The maximum atomic E-state index is 6.26. The van der Waals surface area contributed by atoms with Gasteiger partial charge in [0.25, 0.3) is 0 Å². The molecule has 4 nitrogen and oxygen atoms in total. The topological polar surface area (TPSA) is 55.0 Å². The summed E-state index contributed by atoms with van der Waals surface area (Å²) >= 11 is 1.61. The molecule has 1 aromatic carbocycles. The largest absolute Gasteiger partial charge is 0.397 e. The minimum Gasteiger partial charge on any atom is -0.397 e. The summed E-state index contributed by atoms with van der Waals surface area (Å²) in [4.78, 5) is 10.5. The molecule has 3 rings (SSSR count). The predicted octanol–water partition coefficient (Wildman–Crippen LogP) is 2.91. The lowest BCUT2D eigenvalue weighted by Gasteiger charge is -2.21. The molecule has 0 atom stereocenters. The molecule has 0 unspecified atom stereocenters. The molecule has 0 aliphatic carbocycles. The second-order valence-corrected chi connectivity index (χ2v) is 5.15. The average molecular weight is 270 g/mol. The van der Waals surface area contributed by atoms with Crippen LogP contribution in [-0.4, -0.2) is 17.0 Å². The molecule has 19 heavy (non-hydrogen) atoms. The minimum atomic E-state index is 0.754. The van der Waals surface area contributed by atoms with Crippen LogP contribution in [0.3, 0.4) is 0 Å². The van der Waals surface area contributed by atoms with Gasteiger partial charge in [0, 0.05) is 35.6 Å². The number of nitrogens with zero attached hydrogens (tertiary/aromatic N) is 3. The van der Waals surface area contributed by atoms with Gasteiger partial charge in [0.2, 0.25) is 0 Å². The summed E-state index contributed by atoms with van der Waals surface area (Å²) < 4.78 is 0. The second kappa shape index (κ2) is 4.85. The van der Waals surface area contributed by atoms with Gasteiger partial charge in [-0.2, -0.15) is 0 Å². The van der Waals surface area contributed by atoms with Crippen molar-refractivity contribution in [1.29, 1.82) is 0 Å². The van der Waals surface area contributed by atoms with Crippen LogP contribution in [0.2, 0.25) is 0 Å². The highest BCUT2D eigenvalue weighted by Crippen LogP contribution is 2.30. The van der Waals surface area contributed by atoms with Gasteiger partial charge in [-0.25, -0.2) is 4.98 Å². The highest BCUT2D eigenvalue weighted by molar-refractivity contribution is 7.07. The molecular weight excluding hydrogens is 256 g/mol. The molecule has 0 spiro atoms. The SMILES string of the molecule is CN(Cc1cscn1)c1ccc2cnccc2c1N. The van der Waals surface area contributed by atoms with E-state index in [1.807, 2.05) is 37.0 Å². The normalized spacial score (nSPS) is 10.8. The first-order valence-electron chi connectivity index (χ1n) is 5.96. The van der Waals surface area contributed by atoms with Gasteiger partial charge in [-0.3, -0.25) is 4.98 Å². The van der Waals surface area contributed by atoms with Gasteiger partial charge in [0.1, 0.15) is 0 Å². The van der Waals surface area contributed by atoms with Crippen LogP contribution in [-0.2, 0) is 6.54 Å². The van der Waals surface area contributed by atoms with E-state index in [2.05, 4.69) is 20.2 Å². The monoisotopic (exact) mass is 270 g/mol. The van der Waals surface area contributed by atoms with Crippen molar-refractivity contribution in [2.75, 3.05) is 17.7 Å². The Bertz CT molecular complexity index is 694. The van der Waals surface area contributed by atoms with Crippen LogP contribution in [0.1, 0.15) is 5.69 Å². The lowest BCUT2D eigenvalue weighted by atomic mass is 10.1. The molecule has 3 aromatic rings. The first kappa shape index (κ1) is 11.9. The number of aromatic nitrogens is 2. The quantitative estimate of drug-likeness (QED) is 0.743. The lowest BCUT2D eigenvalue weighted by Crippen LogP contribution is -2.18. The van der Waals surface area contributed by atoms with E-state index in [-0.39, 0.29) is 0 Å². The first-order valence-corrected chi connectivity index (χ1v) is 6.90. The highest BCUT2D eigenvalue weighted by Gasteiger charge is 2.09. The first-order chi connectivity index (χ1) is 9.25. The smallest absolute Gasteiger partial charge is 0.0795 e. The summed E-state index contributed by atoms with van der Waals surface area (Å²) in [5.41, 5.74) is 11.0. The van der Waals surface area contributed by atoms with Crippen molar-refractivity contribution >= 4 is 33.5 Å². The number of hydrogen-bond donors (Lipinski definition) is 1. The Morgan fingerprint density at radius 2 is 2.21 bits per heavy atom. The molecule has 0 fully saturated rings. The number of thiazole rings is 1. The molecule has 0 aliphatic heterocycles. The number of pyridine rings is 1. The maximum absolute atomic E-state index is 6.26. The molecule has 2 heterocycles. The van der Waals surface area contributed by atoms with Gasteiger partial charge in [-0.1, -0.05) is 6.07 Å². The summed E-state index contributed by atoms with van der Waals surface area (Å²) in [6, 6.07) is 6.03. The third kappa shape index (κ3) is 2.24. The molecule has 5 heteroatoms. The molecule has 0 radical (unpaired) electrons. The molecule has 0 aliphatic rings. The zero-order valence-corrected chi connectivity index (χ0v) is 11.4. The van der Waals surface area contributed by atoms with E-state index >= 15 is 0 Å². The Kier molecular flexibility index (Phi) is 3.05. The summed E-state index contributed by atoms with van der Waals surface area (Å²) in [5, 5.41) is 4.15.